The van der Waals surface area contributed by atoms with Crippen LogP contribution in [0.1, 0.15) is 5.56 Å². The van der Waals surface area contributed by atoms with Crippen molar-refractivity contribution in [1.82, 2.24) is 15.0 Å². The Bertz CT molecular complexity index is 1590. The summed E-state index contributed by atoms with van der Waals surface area (Å²) in [4.78, 5) is 12.5. The van der Waals surface area contributed by atoms with E-state index in [0.717, 1.165) is 27.7 Å². The predicted octanol–water partition coefficient (Wildman–Crippen LogP) is 5.06. The second-order valence-corrected chi connectivity index (χ2v) is 9.54. The first-order valence-electron chi connectivity index (χ1n) is 10.5. The van der Waals surface area contributed by atoms with Crippen LogP contribution in [-0.2, 0) is 10.0 Å². The van der Waals surface area contributed by atoms with Gasteiger partial charge in [-0.2, -0.15) is 0 Å². The topological polar surface area (TPSA) is 126 Å². The number of hydrogen-bond acceptors (Lipinski definition) is 6. The fraction of sp³-hybridized carbons (Fsp3) is 0.0400. The van der Waals surface area contributed by atoms with Gasteiger partial charge in [-0.3, -0.25) is 4.72 Å². The minimum Gasteiger partial charge on any atom is -0.399 e. The van der Waals surface area contributed by atoms with Gasteiger partial charge in [0.2, 0.25) is 5.95 Å². The Labute approximate surface area is 196 Å². The van der Waals surface area contributed by atoms with Gasteiger partial charge >= 0.3 is 0 Å². The number of H-pyrrole nitrogens is 1. The van der Waals surface area contributed by atoms with Gasteiger partial charge in [0.05, 0.1) is 16.3 Å². The zero-order chi connectivity index (χ0) is 23.7. The molecule has 2 aromatic heterocycles. The van der Waals surface area contributed by atoms with Crippen LogP contribution in [0.4, 0.5) is 23.0 Å². The van der Waals surface area contributed by atoms with Crippen LogP contribution in [0, 0.1) is 6.92 Å². The number of rotatable bonds is 6. The van der Waals surface area contributed by atoms with E-state index in [1.807, 2.05) is 43.5 Å². The van der Waals surface area contributed by atoms with E-state index < -0.39 is 10.0 Å². The minimum atomic E-state index is -3.75. The highest BCUT2D eigenvalue weighted by molar-refractivity contribution is 7.92. The zero-order valence-electron chi connectivity index (χ0n) is 18.3. The van der Waals surface area contributed by atoms with Crippen LogP contribution in [0.25, 0.3) is 22.2 Å². The number of aryl methyl sites for hydroxylation is 1. The van der Waals surface area contributed by atoms with E-state index in [0.29, 0.717) is 23.0 Å². The maximum Gasteiger partial charge on any atom is 0.261 e. The molecule has 5 aromatic rings. The molecule has 9 heteroatoms. The highest BCUT2D eigenvalue weighted by atomic mass is 32.2. The van der Waals surface area contributed by atoms with Crippen LogP contribution in [0.2, 0.25) is 0 Å². The molecule has 5 N–H and O–H groups in total. The van der Waals surface area contributed by atoms with E-state index in [4.69, 9.17) is 10.7 Å². The van der Waals surface area contributed by atoms with Crippen molar-refractivity contribution in [3.05, 3.63) is 90.8 Å². The van der Waals surface area contributed by atoms with Gasteiger partial charge in [-0.05, 0) is 61.0 Å². The first kappa shape index (κ1) is 21.5. The van der Waals surface area contributed by atoms with Gasteiger partial charge < -0.3 is 16.0 Å². The quantitative estimate of drug-likeness (QED) is 0.257. The van der Waals surface area contributed by atoms with Crippen molar-refractivity contribution in [2.75, 3.05) is 15.8 Å². The van der Waals surface area contributed by atoms with E-state index in [1.165, 1.54) is 12.1 Å². The monoisotopic (exact) mass is 470 g/mol. The lowest BCUT2D eigenvalue weighted by molar-refractivity contribution is 0.601. The summed E-state index contributed by atoms with van der Waals surface area (Å²) in [5.74, 6) is 0.407. The fourth-order valence-electron chi connectivity index (χ4n) is 3.69. The Balaban J connectivity index is 1.41. The van der Waals surface area contributed by atoms with E-state index >= 15 is 0 Å². The summed E-state index contributed by atoms with van der Waals surface area (Å²) in [7, 11) is -3.75. The Morgan fingerprint density at radius 1 is 0.941 bits per heavy atom. The number of anilines is 4. The molecule has 0 atom stereocenters. The molecule has 0 spiro atoms. The molecule has 0 aliphatic rings. The molecule has 0 fully saturated rings. The Morgan fingerprint density at radius 3 is 2.53 bits per heavy atom. The molecule has 0 bridgehead atoms. The smallest absolute Gasteiger partial charge is 0.261 e. The molecule has 0 radical (unpaired) electrons. The molecule has 2 heterocycles. The van der Waals surface area contributed by atoms with E-state index in [2.05, 4.69) is 20.0 Å². The third-order valence-corrected chi connectivity index (χ3v) is 6.77. The number of sulfonamides is 1. The van der Waals surface area contributed by atoms with Crippen molar-refractivity contribution in [3.8, 4) is 11.3 Å². The summed E-state index contributed by atoms with van der Waals surface area (Å²) in [6.07, 6.45) is 3.70. The van der Waals surface area contributed by atoms with Gasteiger partial charge in [0, 0.05) is 40.2 Å². The standard InChI is InChI=1S/C25H22N6O2S/c1-16-14-28-25(30-24(16)22-15-27-23-8-3-2-7-21(22)23)29-18-5-4-6-19(13-18)31-34(32,33)20-11-9-17(26)10-12-20/h2-15,27,31H,26H2,1H3,(H,28,29,30). The second-order valence-electron chi connectivity index (χ2n) is 7.85. The normalized spacial score (nSPS) is 11.4. The van der Waals surface area contributed by atoms with E-state index in [1.54, 1.807) is 36.5 Å². The maximum absolute atomic E-state index is 12.7. The van der Waals surface area contributed by atoms with Gasteiger partial charge in [0.1, 0.15) is 0 Å². The SMILES string of the molecule is Cc1cnc(Nc2cccc(NS(=O)(=O)c3ccc(N)cc3)c2)nc1-c1c[nH]c2ccccc12. The highest BCUT2D eigenvalue weighted by Gasteiger charge is 2.15. The lowest BCUT2D eigenvalue weighted by Gasteiger charge is -2.11. The molecular formula is C25H22N6O2S. The summed E-state index contributed by atoms with van der Waals surface area (Å²) in [5, 5.41) is 4.25. The molecule has 5 rings (SSSR count). The molecule has 34 heavy (non-hydrogen) atoms. The van der Waals surface area contributed by atoms with Crippen molar-refractivity contribution >= 4 is 43.9 Å². The lowest BCUT2D eigenvalue weighted by Crippen LogP contribution is -2.13. The number of para-hydroxylation sites is 1. The molecule has 8 nitrogen and oxygen atoms in total. The van der Waals surface area contributed by atoms with Crippen LogP contribution in [-0.4, -0.2) is 23.4 Å². The third-order valence-electron chi connectivity index (χ3n) is 5.38. The van der Waals surface area contributed by atoms with Crippen molar-refractivity contribution in [1.29, 1.82) is 0 Å². The molecule has 0 aliphatic carbocycles. The summed E-state index contributed by atoms with van der Waals surface area (Å²) in [5.41, 5.74) is 11.0. The molecule has 3 aromatic carbocycles. The van der Waals surface area contributed by atoms with Gasteiger partial charge in [0.25, 0.3) is 10.0 Å². The molecule has 0 amide bonds. The molecule has 0 aliphatic heterocycles. The number of nitrogens with zero attached hydrogens (tertiary/aromatic N) is 2. The number of aromatic nitrogens is 3. The van der Waals surface area contributed by atoms with Gasteiger partial charge in [0.15, 0.2) is 0 Å². The average Bonchev–Trinajstić information content (AvgIpc) is 3.25. The van der Waals surface area contributed by atoms with Crippen molar-refractivity contribution in [2.45, 2.75) is 11.8 Å². The van der Waals surface area contributed by atoms with Crippen molar-refractivity contribution < 1.29 is 8.42 Å². The van der Waals surface area contributed by atoms with Crippen LogP contribution >= 0.6 is 0 Å². The largest absolute Gasteiger partial charge is 0.399 e. The maximum atomic E-state index is 12.7. The van der Waals surface area contributed by atoms with E-state index in [-0.39, 0.29) is 4.90 Å². The number of nitrogens with two attached hydrogens (primary N) is 1. The minimum absolute atomic E-state index is 0.130. The van der Waals surface area contributed by atoms with Crippen LogP contribution < -0.4 is 15.8 Å². The molecule has 0 unspecified atom stereocenters. The molecular weight excluding hydrogens is 448 g/mol. The summed E-state index contributed by atoms with van der Waals surface area (Å²) >= 11 is 0. The Hall–Kier alpha value is -4.37. The summed E-state index contributed by atoms with van der Waals surface area (Å²) in [6.45, 7) is 1.97. The van der Waals surface area contributed by atoms with Gasteiger partial charge in [-0.1, -0.05) is 24.3 Å². The number of nitrogen functional groups attached to an aromatic ring is 1. The average molecular weight is 471 g/mol. The number of fused-ring (bicyclic) bond motifs is 1. The lowest BCUT2D eigenvalue weighted by atomic mass is 10.1. The van der Waals surface area contributed by atoms with Crippen molar-refractivity contribution in [3.63, 3.8) is 0 Å². The van der Waals surface area contributed by atoms with E-state index in [9.17, 15) is 8.42 Å². The third kappa shape index (κ3) is 4.28. The second kappa shape index (κ2) is 8.53. The number of hydrogen-bond donors (Lipinski definition) is 4. The van der Waals surface area contributed by atoms with Crippen molar-refractivity contribution in [2.24, 2.45) is 0 Å². The first-order chi connectivity index (χ1) is 16.4. The van der Waals surface area contributed by atoms with Crippen LogP contribution in [0.3, 0.4) is 0 Å². The number of nitrogens with one attached hydrogen (secondary N) is 3. The van der Waals surface area contributed by atoms with Gasteiger partial charge in [-0.25, -0.2) is 18.4 Å². The zero-order valence-corrected chi connectivity index (χ0v) is 19.1. The van der Waals surface area contributed by atoms with Gasteiger partial charge in [-0.15, -0.1) is 0 Å². The first-order valence-corrected chi connectivity index (χ1v) is 12.0. The summed E-state index contributed by atoms with van der Waals surface area (Å²) < 4.78 is 28.0. The molecule has 170 valence electrons. The Kier molecular flexibility index (Phi) is 5.39. The summed E-state index contributed by atoms with van der Waals surface area (Å²) in [6, 6.07) is 21.0. The molecule has 0 saturated carbocycles. The fourth-order valence-corrected chi connectivity index (χ4v) is 4.74. The van der Waals surface area contributed by atoms with Crippen LogP contribution in [0.15, 0.2) is 90.1 Å². The predicted molar refractivity (Wildman–Crippen MR) is 135 cm³/mol. The number of benzene rings is 3. The Morgan fingerprint density at radius 2 is 1.71 bits per heavy atom. The van der Waals surface area contributed by atoms with Crippen LogP contribution in [0.5, 0.6) is 0 Å². The number of aromatic amines is 1. The highest BCUT2D eigenvalue weighted by Crippen LogP contribution is 2.30. The molecule has 0 saturated heterocycles.